The summed E-state index contributed by atoms with van der Waals surface area (Å²) in [6, 6.07) is 5.29. The normalized spacial score (nSPS) is 11.8. The second-order valence-corrected chi connectivity index (χ2v) is 4.83. The molecule has 0 bridgehead atoms. The van der Waals surface area contributed by atoms with Crippen molar-refractivity contribution in [3.8, 4) is 11.5 Å². The summed E-state index contributed by atoms with van der Waals surface area (Å²) in [6.07, 6.45) is 2.15. The smallest absolute Gasteiger partial charge is 0.225 e. The van der Waals surface area contributed by atoms with Gasteiger partial charge in [-0.1, -0.05) is 13.3 Å². The summed E-state index contributed by atoms with van der Waals surface area (Å²) in [5.74, 6) is 1.23. The molecule has 1 rings (SSSR count). The van der Waals surface area contributed by atoms with Crippen LogP contribution in [0.1, 0.15) is 40.0 Å². The molecule has 0 fully saturated rings. The first kappa shape index (κ1) is 17.3. The molecule has 0 saturated carbocycles. The summed E-state index contributed by atoms with van der Waals surface area (Å²) in [5, 5.41) is 2.84. The van der Waals surface area contributed by atoms with Gasteiger partial charge in [0.1, 0.15) is 0 Å². The molecule has 1 aromatic carbocycles. The summed E-state index contributed by atoms with van der Waals surface area (Å²) in [4.78, 5) is 11.9. The number of rotatable bonds is 9. The zero-order chi connectivity index (χ0) is 15.7. The number of benzene rings is 1. The Kier molecular flexibility index (Phi) is 7.61. The highest BCUT2D eigenvalue weighted by molar-refractivity contribution is 5.91. The highest BCUT2D eigenvalue weighted by Gasteiger charge is 2.11. The lowest BCUT2D eigenvalue weighted by atomic mass is 10.1. The third-order valence-corrected chi connectivity index (χ3v) is 2.93. The predicted octanol–water partition coefficient (Wildman–Crippen LogP) is 2.94. The first-order chi connectivity index (χ1) is 10.1. The van der Waals surface area contributed by atoms with Gasteiger partial charge in [-0.3, -0.25) is 4.79 Å². The van der Waals surface area contributed by atoms with Gasteiger partial charge >= 0.3 is 0 Å². The molecule has 0 spiro atoms. The second-order valence-electron chi connectivity index (χ2n) is 4.83. The van der Waals surface area contributed by atoms with Gasteiger partial charge in [0, 0.05) is 24.2 Å². The van der Waals surface area contributed by atoms with Crippen LogP contribution in [0.5, 0.6) is 11.5 Å². The van der Waals surface area contributed by atoms with Crippen LogP contribution >= 0.6 is 0 Å². The number of nitrogens with one attached hydrogen (secondary N) is 1. The van der Waals surface area contributed by atoms with Crippen LogP contribution in [0.25, 0.3) is 0 Å². The number of hydrogen-bond donors (Lipinski definition) is 2. The highest BCUT2D eigenvalue weighted by Crippen LogP contribution is 2.30. The Balaban J connectivity index is 2.70. The quantitative estimate of drug-likeness (QED) is 0.734. The average Bonchev–Trinajstić information content (AvgIpc) is 2.42. The topological polar surface area (TPSA) is 73.6 Å². The van der Waals surface area contributed by atoms with Crippen molar-refractivity contribution in [3.63, 3.8) is 0 Å². The van der Waals surface area contributed by atoms with Gasteiger partial charge in [0.15, 0.2) is 11.5 Å². The average molecular weight is 294 g/mol. The van der Waals surface area contributed by atoms with Crippen LogP contribution in [0.4, 0.5) is 5.69 Å². The van der Waals surface area contributed by atoms with E-state index in [2.05, 4.69) is 12.2 Å². The standard InChI is InChI=1S/C16H26N2O3/c1-4-7-12(17)10-16(19)18-13-8-9-14(20-5-2)15(11-13)21-6-3/h8-9,11-12H,4-7,10,17H2,1-3H3,(H,18,19). The van der Waals surface area contributed by atoms with Crippen molar-refractivity contribution in [3.05, 3.63) is 18.2 Å². The first-order valence-corrected chi connectivity index (χ1v) is 7.55. The van der Waals surface area contributed by atoms with Gasteiger partial charge in [0.25, 0.3) is 0 Å². The lowest BCUT2D eigenvalue weighted by Crippen LogP contribution is -2.26. The van der Waals surface area contributed by atoms with Crippen LogP contribution in [-0.2, 0) is 4.79 Å². The molecule has 118 valence electrons. The van der Waals surface area contributed by atoms with Crippen LogP contribution in [0, 0.1) is 0 Å². The van der Waals surface area contributed by atoms with Gasteiger partial charge in [-0.05, 0) is 32.4 Å². The molecule has 0 saturated heterocycles. The fourth-order valence-electron chi connectivity index (χ4n) is 2.05. The number of hydrogen-bond acceptors (Lipinski definition) is 4. The van der Waals surface area contributed by atoms with Crippen molar-refractivity contribution < 1.29 is 14.3 Å². The molecule has 3 N–H and O–H groups in total. The third-order valence-electron chi connectivity index (χ3n) is 2.93. The second kappa shape index (κ2) is 9.23. The molecule has 0 aliphatic carbocycles. The number of carbonyl (C=O) groups excluding carboxylic acids is 1. The molecular weight excluding hydrogens is 268 g/mol. The molecule has 0 aromatic heterocycles. The van der Waals surface area contributed by atoms with E-state index >= 15 is 0 Å². The lowest BCUT2D eigenvalue weighted by molar-refractivity contribution is -0.116. The SMILES string of the molecule is CCCC(N)CC(=O)Nc1ccc(OCC)c(OCC)c1. The van der Waals surface area contributed by atoms with Crippen LogP contribution in [0.3, 0.4) is 0 Å². The maximum atomic E-state index is 11.9. The summed E-state index contributed by atoms with van der Waals surface area (Å²) < 4.78 is 11.0. The first-order valence-electron chi connectivity index (χ1n) is 7.55. The lowest BCUT2D eigenvalue weighted by Gasteiger charge is -2.14. The Bertz CT molecular complexity index is 449. The molecule has 0 aliphatic heterocycles. The summed E-state index contributed by atoms with van der Waals surface area (Å²) in [5.41, 5.74) is 6.56. The number of ether oxygens (including phenoxy) is 2. The Labute approximate surface area is 126 Å². The van der Waals surface area contributed by atoms with Gasteiger partial charge in [-0.25, -0.2) is 0 Å². The van der Waals surface area contributed by atoms with Gasteiger partial charge in [0.05, 0.1) is 13.2 Å². The number of amides is 1. The number of anilines is 1. The summed E-state index contributed by atoms with van der Waals surface area (Å²) in [6.45, 7) is 6.99. The number of carbonyl (C=O) groups is 1. The zero-order valence-electron chi connectivity index (χ0n) is 13.1. The molecule has 0 heterocycles. The maximum absolute atomic E-state index is 11.9. The van der Waals surface area contributed by atoms with Crippen molar-refractivity contribution in [2.24, 2.45) is 5.73 Å². The van der Waals surface area contributed by atoms with Crippen LogP contribution < -0.4 is 20.5 Å². The molecule has 1 atom stereocenters. The molecule has 21 heavy (non-hydrogen) atoms. The van der Waals surface area contributed by atoms with E-state index in [9.17, 15) is 4.79 Å². The largest absolute Gasteiger partial charge is 0.490 e. The van der Waals surface area contributed by atoms with Crippen molar-refractivity contribution in [2.75, 3.05) is 18.5 Å². The maximum Gasteiger partial charge on any atom is 0.225 e. The van der Waals surface area contributed by atoms with E-state index in [1.807, 2.05) is 13.8 Å². The highest BCUT2D eigenvalue weighted by atomic mass is 16.5. The minimum absolute atomic E-state index is 0.0810. The zero-order valence-corrected chi connectivity index (χ0v) is 13.1. The van der Waals surface area contributed by atoms with Crippen molar-refractivity contribution in [1.29, 1.82) is 0 Å². The van der Waals surface area contributed by atoms with E-state index in [-0.39, 0.29) is 11.9 Å². The Hall–Kier alpha value is -1.75. The van der Waals surface area contributed by atoms with E-state index in [0.29, 0.717) is 36.8 Å². The van der Waals surface area contributed by atoms with Crippen LogP contribution in [0.2, 0.25) is 0 Å². The molecule has 0 radical (unpaired) electrons. The third kappa shape index (κ3) is 6.04. The molecule has 1 aromatic rings. The molecule has 1 amide bonds. The molecule has 1 unspecified atom stereocenters. The van der Waals surface area contributed by atoms with Crippen molar-refractivity contribution in [1.82, 2.24) is 0 Å². The number of nitrogens with two attached hydrogens (primary N) is 1. The molecule has 5 nitrogen and oxygen atoms in total. The Morgan fingerprint density at radius 2 is 1.86 bits per heavy atom. The monoisotopic (exact) mass is 294 g/mol. The minimum Gasteiger partial charge on any atom is -0.490 e. The van der Waals surface area contributed by atoms with E-state index < -0.39 is 0 Å². The van der Waals surface area contributed by atoms with Gasteiger partial charge in [-0.2, -0.15) is 0 Å². The molecule has 0 aliphatic rings. The van der Waals surface area contributed by atoms with E-state index in [1.165, 1.54) is 0 Å². The van der Waals surface area contributed by atoms with E-state index in [0.717, 1.165) is 12.8 Å². The molecule has 5 heteroatoms. The minimum atomic E-state index is -0.0935. The predicted molar refractivity (Wildman–Crippen MR) is 84.9 cm³/mol. The van der Waals surface area contributed by atoms with Gasteiger partial charge in [-0.15, -0.1) is 0 Å². The molecular formula is C16H26N2O3. The van der Waals surface area contributed by atoms with Crippen LogP contribution in [-0.4, -0.2) is 25.2 Å². The summed E-state index contributed by atoms with van der Waals surface area (Å²) >= 11 is 0. The van der Waals surface area contributed by atoms with Crippen LogP contribution in [0.15, 0.2) is 18.2 Å². The van der Waals surface area contributed by atoms with Gasteiger partial charge in [0.2, 0.25) is 5.91 Å². The Morgan fingerprint density at radius 1 is 1.19 bits per heavy atom. The van der Waals surface area contributed by atoms with E-state index in [4.69, 9.17) is 15.2 Å². The fraction of sp³-hybridized carbons (Fsp3) is 0.562. The van der Waals surface area contributed by atoms with E-state index in [1.54, 1.807) is 18.2 Å². The summed E-state index contributed by atoms with van der Waals surface area (Å²) in [7, 11) is 0. The fourth-order valence-corrected chi connectivity index (χ4v) is 2.05. The van der Waals surface area contributed by atoms with Gasteiger partial charge < -0.3 is 20.5 Å². The Morgan fingerprint density at radius 3 is 2.48 bits per heavy atom. The van der Waals surface area contributed by atoms with Crippen molar-refractivity contribution >= 4 is 11.6 Å². The van der Waals surface area contributed by atoms with Crippen molar-refractivity contribution in [2.45, 2.75) is 46.1 Å².